The van der Waals surface area contributed by atoms with Crippen molar-refractivity contribution in [1.82, 2.24) is 5.32 Å². The second kappa shape index (κ2) is 4.81. The van der Waals surface area contributed by atoms with Gasteiger partial charge in [0.15, 0.2) is 0 Å². The van der Waals surface area contributed by atoms with E-state index in [1.165, 1.54) is 5.70 Å². The molecular formula is C7H16NP. The lowest BCUT2D eigenvalue weighted by Crippen LogP contribution is -2.21. The Bertz CT molecular complexity index is 88.9. The fourth-order valence-corrected chi connectivity index (χ4v) is 1.20. The maximum Gasteiger partial charge on any atom is 0.0201 e. The molecule has 0 bridgehead atoms. The minimum absolute atomic E-state index is 0.536. The Kier molecular flexibility index (Phi) is 4.80. The van der Waals surface area contributed by atoms with Gasteiger partial charge < -0.3 is 5.32 Å². The van der Waals surface area contributed by atoms with E-state index in [0.717, 1.165) is 14.7 Å². The number of rotatable bonds is 4. The number of hydrogen-bond donors (Lipinski definition) is 1. The molecule has 0 radical (unpaired) electrons. The van der Waals surface area contributed by atoms with Gasteiger partial charge in [0.05, 0.1) is 0 Å². The molecule has 1 atom stereocenters. The molecule has 0 aliphatic carbocycles. The predicted molar refractivity (Wildman–Crippen MR) is 46.5 cm³/mol. The molecule has 1 unspecified atom stereocenters. The molecular weight excluding hydrogens is 129 g/mol. The third-order valence-electron chi connectivity index (χ3n) is 0.883. The first-order chi connectivity index (χ1) is 4.16. The zero-order valence-corrected chi connectivity index (χ0v) is 7.49. The van der Waals surface area contributed by atoms with Gasteiger partial charge in [0.1, 0.15) is 0 Å². The molecule has 9 heavy (non-hydrogen) atoms. The Morgan fingerprint density at radius 1 is 1.67 bits per heavy atom. The van der Waals surface area contributed by atoms with Crippen molar-refractivity contribution in [3.8, 4) is 0 Å². The van der Waals surface area contributed by atoms with E-state index < -0.39 is 0 Å². The summed E-state index contributed by atoms with van der Waals surface area (Å²) >= 11 is 0. The van der Waals surface area contributed by atoms with Crippen LogP contribution in [-0.2, 0) is 0 Å². The lowest BCUT2D eigenvalue weighted by molar-refractivity contribution is 0.673. The highest BCUT2D eigenvalue weighted by molar-refractivity contribution is 7.37. The summed E-state index contributed by atoms with van der Waals surface area (Å²) in [6.07, 6.45) is 1.12. The van der Waals surface area contributed by atoms with Gasteiger partial charge >= 0.3 is 0 Å². The second-order valence-electron chi connectivity index (χ2n) is 2.43. The maximum absolute atomic E-state index is 3.88. The molecule has 0 aliphatic heterocycles. The molecule has 1 nitrogen and oxygen atoms in total. The minimum Gasteiger partial charge on any atom is -0.386 e. The van der Waals surface area contributed by atoms with E-state index in [-0.39, 0.29) is 0 Å². The summed E-state index contributed by atoms with van der Waals surface area (Å²) in [5, 5.41) is 3.26. The Morgan fingerprint density at radius 2 is 2.22 bits per heavy atom. The molecule has 0 rings (SSSR count). The topological polar surface area (TPSA) is 12.0 Å². The molecule has 0 amide bonds. The van der Waals surface area contributed by atoms with Crippen molar-refractivity contribution >= 4 is 8.58 Å². The Labute approximate surface area is 59.7 Å². The average molecular weight is 145 g/mol. The van der Waals surface area contributed by atoms with Crippen molar-refractivity contribution in [2.75, 3.05) is 12.8 Å². The normalized spacial score (nSPS) is 11.1. The molecule has 0 spiro atoms. The molecule has 0 aromatic heterocycles. The molecule has 1 N–H and O–H groups in total. The van der Waals surface area contributed by atoms with Crippen molar-refractivity contribution in [2.24, 2.45) is 0 Å². The van der Waals surface area contributed by atoms with E-state index in [1.807, 2.05) is 0 Å². The first-order valence-electron chi connectivity index (χ1n) is 3.25. The van der Waals surface area contributed by atoms with E-state index >= 15 is 0 Å². The van der Waals surface area contributed by atoms with E-state index in [9.17, 15) is 0 Å². The van der Waals surface area contributed by atoms with Crippen LogP contribution in [0, 0.1) is 0 Å². The summed E-state index contributed by atoms with van der Waals surface area (Å²) < 4.78 is 0. The zero-order valence-electron chi connectivity index (χ0n) is 6.49. The molecule has 0 fully saturated rings. The monoisotopic (exact) mass is 145 g/mol. The summed E-state index contributed by atoms with van der Waals surface area (Å²) in [5.74, 6) is 0. The van der Waals surface area contributed by atoms with Crippen molar-refractivity contribution in [3.05, 3.63) is 12.3 Å². The summed E-state index contributed by atoms with van der Waals surface area (Å²) in [6.45, 7) is 10.3. The van der Waals surface area contributed by atoms with Crippen LogP contribution >= 0.6 is 8.58 Å². The molecule has 0 heterocycles. The molecule has 0 saturated carbocycles. The third kappa shape index (κ3) is 5.85. The molecule has 0 aliphatic rings. The van der Waals surface area contributed by atoms with Crippen LogP contribution in [0.15, 0.2) is 12.3 Å². The van der Waals surface area contributed by atoms with Crippen LogP contribution in [-0.4, -0.2) is 18.9 Å². The van der Waals surface area contributed by atoms with E-state index in [2.05, 4.69) is 32.4 Å². The predicted octanol–water partition coefficient (Wildman–Crippen LogP) is 1.81. The van der Waals surface area contributed by atoms with Gasteiger partial charge in [0, 0.05) is 17.9 Å². The quantitative estimate of drug-likeness (QED) is 0.595. The molecule has 0 saturated heterocycles. The Hall–Kier alpha value is -0.0300. The van der Waals surface area contributed by atoms with Crippen molar-refractivity contribution in [2.45, 2.75) is 19.9 Å². The van der Waals surface area contributed by atoms with Gasteiger partial charge in [-0.1, -0.05) is 6.58 Å². The van der Waals surface area contributed by atoms with Gasteiger partial charge in [0.25, 0.3) is 0 Å². The standard InChI is InChI=1S/C7H16NP/c1-6(2)8-7(3)5-9-4/h6,8-9H,3,5H2,1-2,4H3. The molecule has 0 aromatic rings. The summed E-state index contributed by atoms with van der Waals surface area (Å²) in [6, 6.07) is 0.536. The number of hydrogen-bond acceptors (Lipinski definition) is 1. The SMILES string of the molecule is C=C(CPC)NC(C)C. The first kappa shape index (κ1) is 8.97. The largest absolute Gasteiger partial charge is 0.386 e. The molecule has 54 valence electrons. The lowest BCUT2D eigenvalue weighted by Gasteiger charge is -2.10. The van der Waals surface area contributed by atoms with E-state index in [0.29, 0.717) is 6.04 Å². The van der Waals surface area contributed by atoms with Gasteiger partial charge in [-0.2, -0.15) is 0 Å². The summed E-state index contributed by atoms with van der Waals surface area (Å²) in [7, 11) is 0.976. The van der Waals surface area contributed by atoms with E-state index in [4.69, 9.17) is 0 Å². The number of allylic oxidation sites excluding steroid dienone is 1. The molecule has 2 heteroatoms. The smallest absolute Gasteiger partial charge is 0.0201 e. The highest BCUT2D eigenvalue weighted by atomic mass is 31.1. The first-order valence-corrected chi connectivity index (χ1v) is 4.96. The van der Waals surface area contributed by atoms with E-state index in [1.54, 1.807) is 0 Å². The molecule has 0 aromatic carbocycles. The van der Waals surface area contributed by atoms with Gasteiger partial charge in [-0.3, -0.25) is 0 Å². The third-order valence-corrected chi connectivity index (χ3v) is 1.66. The van der Waals surface area contributed by atoms with Gasteiger partial charge in [-0.25, -0.2) is 0 Å². The van der Waals surface area contributed by atoms with Crippen molar-refractivity contribution < 1.29 is 0 Å². The fourth-order valence-electron chi connectivity index (χ4n) is 0.673. The van der Waals surface area contributed by atoms with Gasteiger partial charge in [-0.05, 0) is 20.5 Å². The highest BCUT2D eigenvalue weighted by Crippen LogP contribution is 2.05. The summed E-state index contributed by atoms with van der Waals surface area (Å²) in [4.78, 5) is 0. The van der Waals surface area contributed by atoms with Crippen LogP contribution in [0.5, 0.6) is 0 Å². The van der Waals surface area contributed by atoms with Crippen molar-refractivity contribution in [3.63, 3.8) is 0 Å². The zero-order chi connectivity index (χ0) is 7.28. The average Bonchev–Trinajstić information content (AvgIpc) is 1.63. The van der Waals surface area contributed by atoms with Crippen molar-refractivity contribution in [1.29, 1.82) is 0 Å². The number of nitrogens with one attached hydrogen (secondary N) is 1. The van der Waals surface area contributed by atoms with Gasteiger partial charge in [-0.15, -0.1) is 8.58 Å². The summed E-state index contributed by atoms with van der Waals surface area (Å²) in [5.41, 5.74) is 1.17. The van der Waals surface area contributed by atoms with Gasteiger partial charge in [0.2, 0.25) is 0 Å². The van der Waals surface area contributed by atoms with Crippen LogP contribution in [0.25, 0.3) is 0 Å². The van der Waals surface area contributed by atoms with Crippen LogP contribution in [0.4, 0.5) is 0 Å². The van der Waals surface area contributed by atoms with Crippen LogP contribution in [0.2, 0.25) is 0 Å². The second-order valence-corrected chi connectivity index (χ2v) is 3.49. The lowest BCUT2D eigenvalue weighted by atomic mass is 10.4. The fraction of sp³-hybridized carbons (Fsp3) is 0.714. The highest BCUT2D eigenvalue weighted by Gasteiger charge is 1.92. The Morgan fingerprint density at radius 3 is 2.56 bits per heavy atom. The Balaban J connectivity index is 3.27. The van der Waals surface area contributed by atoms with Crippen LogP contribution in [0.1, 0.15) is 13.8 Å². The van der Waals surface area contributed by atoms with Crippen LogP contribution in [0.3, 0.4) is 0 Å². The minimum atomic E-state index is 0.536. The van der Waals surface area contributed by atoms with Crippen LogP contribution < -0.4 is 5.32 Å². The maximum atomic E-state index is 3.88.